The highest BCUT2D eigenvalue weighted by molar-refractivity contribution is 9.10. The van der Waals surface area contributed by atoms with E-state index in [-0.39, 0.29) is 11.1 Å². The van der Waals surface area contributed by atoms with Crippen LogP contribution in [0.15, 0.2) is 46.9 Å². The number of nitro groups is 1. The molecule has 21 heavy (non-hydrogen) atoms. The molecule has 0 aromatic heterocycles. The van der Waals surface area contributed by atoms with Crippen molar-refractivity contribution in [2.75, 3.05) is 0 Å². The topological polar surface area (TPSA) is 52.4 Å². The molecule has 2 aromatic carbocycles. The summed E-state index contributed by atoms with van der Waals surface area (Å²) in [5, 5.41) is 10.7. The van der Waals surface area contributed by atoms with Crippen LogP contribution in [0.3, 0.4) is 0 Å². The maximum atomic E-state index is 10.7. The highest BCUT2D eigenvalue weighted by atomic mass is 79.9. The van der Waals surface area contributed by atoms with Crippen LogP contribution in [-0.4, -0.2) is 4.92 Å². The summed E-state index contributed by atoms with van der Waals surface area (Å²) >= 11 is 3.44. The van der Waals surface area contributed by atoms with E-state index in [1.807, 2.05) is 18.2 Å². The van der Waals surface area contributed by atoms with E-state index in [9.17, 15) is 10.1 Å². The first-order valence-electron chi connectivity index (χ1n) is 6.50. The third-order valence-corrected chi connectivity index (χ3v) is 3.52. The third-order valence-electron chi connectivity index (χ3n) is 3.03. The lowest BCUT2D eigenvalue weighted by atomic mass is 9.86. The van der Waals surface area contributed by atoms with Gasteiger partial charge in [-0.1, -0.05) is 42.8 Å². The Kier molecular flexibility index (Phi) is 4.32. The maximum Gasteiger partial charge on any atom is 0.269 e. The van der Waals surface area contributed by atoms with Crippen LogP contribution in [-0.2, 0) is 5.41 Å². The lowest BCUT2D eigenvalue weighted by molar-refractivity contribution is -0.384. The number of nitro benzene ring substituents is 1. The van der Waals surface area contributed by atoms with Gasteiger partial charge in [0.05, 0.1) is 4.92 Å². The average Bonchev–Trinajstić information content (AvgIpc) is 2.38. The van der Waals surface area contributed by atoms with Gasteiger partial charge in [0.2, 0.25) is 0 Å². The lowest BCUT2D eigenvalue weighted by Crippen LogP contribution is -2.12. The first-order chi connectivity index (χ1) is 9.77. The van der Waals surface area contributed by atoms with E-state index >= 15 is 0 Å². The number of rotatable bonds is 3. The van der Waals surface area contributed by atoms with Crippen molar-refractivity contribution in [3.63, 3.8) is 0 Å². The van der Waals surface area contributed by atoms with Crippen molar-refractivity contribution >= 4 is 21.6 Å². The third kappa shape index (κ3) is 3.82. The summed E-state index contributed by atoms with van der Waals surface area (Å²) in [6.45, 7) is 6.33. The standard InChI is InChI=1S/C16H16BrNO3/c1-16(2,3)14-9-4-11(17)10-15(14)21-13-7-5-12(6-8-13)18(19)20/h4-10H,1-3H3. The maximum absolute atomic E-state index is 10.7. The van der Waals surface area contributed by atoms with E-state index in [0.29, 0.717) is 5.75 Å². The van der Waals surface area contributed by atoms with Gasteiger partial charge < -0.3 is 4.74 Å². The van der Waals surface area contributed by atoms with Crippen LogP contribution in [0, 0.1) is 10.1 Å². The second-order valence-corrected chi connectivity index (χ2v) is 6.66. The summed E-state index contributed by atoms with van der Waals surface area (Å²) in [5.41, 5.74) is 1.06. The summed E-state index contributed by atoms with van der Waals surface area (Å²) in [4.78, 5) is 10.2. The molecule has 2 aromatic rings. The Morgan fingerprint density at radius 3 is 2.24 bits per heavy atom. The first-order valence-corrected chi connectivity index (χ1v) is 7.29. The van der Waals surface area contributed by atoms with Crippen molar-refractivity contribution in [1.29, 1.82) is 0 Å². The zero-order chi connectivity index (χ0) is 15.6. The molecule has 0 saturated heterocycles. The Balaban J connectivity index is 2.34. The van der Waals surface area contributed by atoms with E-state index in [0.717, 1.165) is 15.8 Å². The summed E-state index contributed by atoms with van der Waals surface area (Å²) in [5.74, 6) is 1.31. The van der Waals surface area contributed by atoms with Crippen LogP contribution in [0.5, 0.6) is 11.5 Å². The summed E-state index contributed by atoms with van der Waals surface area (Å²) in [7, 11) is 0. The molecule has 0 unspecified atom stereocenters. The van der Waals surface area contributed by atoms with Crippen LogP contribution < -0.4 is 4.74 Å². The van der Waals surface area contributed by atoms with Gasteiger partial charge in [0, 0.05) is 22.2 Å². The van der Waals surface area contributed by atoms with Crippen molar-refractivity contribution in [3.05, 3.63) is 62.6 Å². The van der Waals surface area contributed by atoms with Crippen molar-refractivity contribution < 1.29 is 9.66 Å². The molecule has 0 bridgehead atoms. The molecule has 0 amide bonds. The molecular formula is C16H16BrNO3. The zero-order valence-electron chi connectivity index (χ0n) is 12.1. The molecule has 0 fully saturated rings. The lowest BCUT2D eigenvalue weighted by Gasteiger charge is -2.22. The van der Waals surface area contributed by atoms with Crippen molar-refractivity contribution in [3.8, 4) is 11.5 Å². The number of hydrogen-bond donors (Lipinski definition) is 0. The zero-order valence-corrected chi connectivity index (χ0v) is 13.7. The number of non-ortho nitro benzene ring substituents is 1. The molecule has 0 saturated carbocycles. The SMILES string of the molecule is CC(C)(C)c1ccc(Br)cc1Oc1ccc([N+](=O)[O-])cc1. The minimum absolute atomic E-state index is 0.0487. The number of halogens is 1. The quantitative estimate of drug-likeness (QED) is 0.547. The molecule has 0 aliphatic carbocycles. The molecule has 0 radical (unpaired) electrons. The summed E-state index contributed by atoms with van der Waals surface area (Å²) in [6.07, 6.45) is 0. The first kappa shape index (κ1) is 15.5. The highest BCUT2D eigenvalue weighted by Gasteiger charge is 2.19. The molecule has 110 valence electrons. The Morgan fingerprint density at radius 1 is 1.10 bits per heavy atom. The minimum atomic E-state index is -0.427. The molecule has 4 nitrogen and oxygen atoms in total. The highest BCUT2D eigenvalue weighted by Crippen LogP contribution is 2.36. The smallest absolute Gasteiger partial charge is 0.269 e. The monoisotopic (exact) mass is 349 g/mol. The molecule has 0 N–H and O–H groups in total. The van der Waals surface area contributed by atoms with Crippen LogP contribution >= 0.6 is 15.9 Å². The van der Waals surface area contributed by atoms with Crippen molar-refractivity contribution in [1.82, 2.24) is 0 Å². The van der Waals surface area contributed by atoms with E-state index in [1.165, 1.54) is 12.1 Å². The van der Waals surface area contributed by atoms with E-state index < -0.39 is 4.92 Å². The minimum Gasteiger partial charge on any atom is -0.457 e. The molecule has 0 aliphatic heterocycles. The molecule has 0 atom stereocenters. The number of ether oxygens (including phenoxy) is 1. The molecular weight excluding hydrogens is 334 g/mol. The molecule has 0 heterocycles. The van der Waals surface area contributed by atoms with Crippen molar-refractivity contribution in [2.45, 2.75) is 26.2 Å². The molecule has 0 spiro atoms. The molecule has 2 rings (SSSR count). The fraction of sp³-hybridized carbons (Fsp3) is 0.250. The fourth-order valence-electron chi connectivity index (χ4n) is 1.96. The van der Waals surface area contributed by atoms with Gasteiger partial charge >= 0.3 is 0 Å². The van der Waals surface area contributed by atoms with Gasteiger partial charge in [-0.15, -0.1) is 0 Å². The average molecular weight is 350 g/mol. The predicted octanol–water partition coefficient (Wildman–Crippen LogP) is 5.45. The number of nitrogens with zero attached hydrogens (tertiary/aromatic N) is 1. The Morgan fingerprint density at radius 2 is 1.71 bits per heavy atom. The van der Waals surface area contributed by atoms with E-state index in [1.54, 1.807) is 12.1 Å². The molecule has 0 aliphatic rings. The van der Waals surface area contributed by atoms with Crippen LogP contribution in [0.1, 0.15) is 26.3 Å². The van der Waals surface area contributed by atoms with Gasteiger partial charge in [0.25, 0.3) is 5.69 Å². The largest absolute Gasteiger partial charge is 0.457 e. The predicted molar refractivity (Wildman–Crippen MR) is 86.0 cm³/mol. The fourth-order valence-corrected chi connectivity index (χ4v) is 2.30. The van der Waals surface area contributed by atoms with Gasteiger partial charge in [-0.3, -0.25) is 10.1 Å². The van der Waals surface area contributed by atoms with Gasteiger partial charge in [-0.2, -0.15) is 0 Å². The summed E-state index contributed by atoms with van der Waals surface area (Å²) in [6, 6.07) is 12.0. The van der Waals surface area contributed by atoms with Gasteiger partial charge in [0.15, 0.2) is 0 Å². The van der Waals surface area contributed by atoms with Gasteiger partial charge in [-0.05, 0) is 29.7 Å². The number of benzene rings is 2. The van der Waals surface area contributed by atoms with Gasteiger partial charge in [-0.25, -0.2) is 0 Å². The van der Waals surface area contributed by atoms with Crippen LogP contribution in [0.2, 0.25) is 0 Å². The van der Waals surface area contributed by atoms with Crippen molar-refractivity contribution in [2.24, 2.45) is 0 Å². The Hall–Kier alpha value is -1.88. The second-order valence-electron chi connectivity index (χ2n) is 5.74. The number of hydrogen-bond acceptors (Lipinski definition) is 3. The molecule has 5 heteroatoms. The second kappa shape index (κ2) is 5.85. The van der Waals surface area contributed by atoms with Crippen LogP contribution in [0.4, 0.5) is 5.69 Å². The normalized spacial score (nSPS) is 11.2. The van der Waals surface area contributed by atoms with Gasteiger partial charge in [0.1, 0.15) is 11.5 Å². The van der Waals surface area contributed by atoms with Crippen LogP contribution in [0.25, 0.3) is 0 Å². The summed E-state index contributed by atoms with van der Waals surface area (Å²) < 4.78 is 6.82. The van der Waals surface area contributed by atoms with E-state index in [2.05, 4.69) is 36.7 Å². The Labute approximate surface area is 132 Å². The van der Waals surface area contributed by atoms with E-state index in [4.69, 9.17) is 4.74 Å². The Bertz CT molecular complexity index is 660.